The van der Waals surface area contributed by atoms with E-state index >= 15 is 0 Å². The first kappa shape index (κ1) is 17.4. The third kappa shape index (κ3) is 3.58. The summed E-state index contributed by atoms with van der Waals surface area (Å²) >= 11 is 0. The smallest absolute Gasteiger partial charge is 0.227 e. The summed E-state index contributed by atoms with van der Waals surface area (Å²) in [5.74, 6) is 0.532. The van der Waals surface area contributed by atoms with Crippen molar-refractivity contribution in [3.8, 4) is 0 Å². The Morgan fingerprint density at radius 2 is 2.04 bits per heavy atom. The quantitative estimate of drug-likeness (QED) is 0.802. The van der Waals surface area contributed by atoms with Crippen LogP contribution in [0, 0.1) is 12.8 Å². The van der Waals surface area contributed by atoms with Crippen LogP contribution in [0.15, 0.2) is 48.1 Å². The van der Waals surface area contributed by atoms with E-state index in [0.29, 0.717) is 11.9 Å². The number of rotatable bonds is 3. The molecule has 2 atom stereocenters. The van der Waals surface area contributed by atoms with Crippen LogP contribution < -0.4 is 4.90 Å². The van der Waals surface area contributed by atoms with E-state index in [4.69, 9.17) is 0 Å². The Morgan fingerprint density at radius 1 is 1.15 bits per heavy atom. The molecule has 0 aromatic heterocycles. The Morgan fingerprint density at radius 3 is 2.85 bits per heavy atom. The molecule has 0 bridgehead atoms. The second kappa shape index (κ2) is 7.69. The molecule has 2 heterocycles. The van der Waals surface area contributed by atoms with Crippen molar-refractivity contribution < 1.29 is 4.79 Å². The van der Waals surface area contributed by atoms with Crippen molar-refractivity contribution >= 4 is 11.6 Å². The van der Waals surface area contributed by atoms with Gasteiger partial charge in [0.25, 0.3) is 0 Å². The number of carbonyl (C=O) groups excluding carboxylic acids is 1. The largest absolute Gasteiger partial charge is 0.371 e. The topological polar surface area (TPSA) is 23.6 Å². The van der Waals surface area contributed by atoms with Gasteiger partial charge in [0.1, 0.15) is 0 Å². The Bertz CT molecular complexity index is 721. The highest BCUT2D eigenvalue weighted by atomic mass is 16.2. The zero-order valence-electron chi connectivity index (χ0n) is 15.9. The SMILES string of the molecule is Cc1cccc(N2CCCC(C(=O)N3CCCC3C3=CC=CCC3)C2)c1. The van der Waals surface area contributed by atoms with Gasteiger partial charge in [0, 0.05) is 25.3 Å². The molecule has 1 aromatic carbocycles. The van der Waals surface area contributed by atoms with Crippen molar-refractivity contribution in [3.05, 3.63) is 53.6 Å². The number of hydrogen-bond acceptors (Lipinski definition) is 2. The van der Waals surface area contributed by atoms with Crippen molar-refractivity contribution in [1.82, 2.24) is 4.90 Å². The number of carbonyl (C=O) groups is 1. The molecule has 1 aliphatic carbocycles. The Labute approximate surface area is 157 Å². The van der Waals surface area contributed by atoms with Crippen molar-refractivity contribution in [3.63, 3.8) is 0 Å². The van der Waals surface area contributed by atoms with Crippen LogP contribution in [-0.4, -0.2) is 36.5 Å². The first-order chi connectivity index (χ1) is 12.7. The highest BCUT2D eigenvalue weighted by molar-refractivity contribution is 5.81. The van der Waals surface area contributed by atoms with Gasteiger partial charge in [-0.05, 0) is 68.7 Å². The lowest BCUT2D eigenvalue weighted by Crippen LogP contribution is -2.47. The first-order valence-electron chi connectivity index (χ1n) is 10.2. The van der Waals surface area contributed by atoms with Crippen molar-refractivity contribution in [2.45, 2.75) is 51.5 Å². The van der Waals surface area contributed by atoms with E-state index in [1.54, 1.807) is 0 Å². The standard InChI is InChI=1S/C23H30N2O/c1-18-8-5-12-21(16-18)24-14-6-11-20(17-24)23(26)25-15-7-13-22(25)19-9-3-2-4-10-19/h2-3,5,8-9,12,16,20,22H,4,6-7,10-11,13-15,17H2,1H3. The summed E-state index contributed by atoms with van der Waals surface area (Å²) in [5, 5.41) is 0. The normalized spacial score (nSPS) is 26.1. The van der Waals surface area contributed by atoms with Gasteiger partial charge in [0.05, 0.1) is 12.0 Å². The van der Waals surface area contributed by atoms with Gasteiger partial charge < -0.3 is 9.80 Å². The fourth-order valence-corrected chi connectivity index (χ4v) is 4.79. The van der Waals surface area contributed by atoms with Crippen LogP contribution in [0.25, 0.3) is 0 Å². The van der Waals surface area contributed by atoms with Crippen LogP contribution in [-0.2, 0) is 4.79 Å². The molecule has 138 valence electrons. The molecule has 2 unspecified atom stereocenters. The van der Waals surface area contributed by atoms with Gasteiger partial charge >= 0.3 is 0 Å². The third-order valence-corrected chi connectivity index (χ3v) is 6.15. The number of nitrogens with zero attached hydrogens (tertiary/aromatic N) is 2. The van der Waals surface area contributed by atoms with Crippen LogP contribution >= 0.6 is 0 Å². The lowest BCUT2D eigenvalue weighted by atomic mass is 9.93. The molecule has 0 N–H and O–H groups in total. The van der Waals surface area contributed by atoms with Crippen LogP contribution in [0.2, 0.25) is 0 Å². The minimum Gasteiger partial charge on any atom is -0.371 e. The van der Waals surface area contributed by atoms with E-state index in [2.05, 4.69) is 59.2 Å². The van der Waals surface area contributed by atoms with Crippen LogP contribution in [0.4, 0.5) is 5.69 Å². The minimum atomic E-state index is 0.143. The molecule has 3 heteroatoms. The lowest BCUT2D eigenvalue weighted by Gasteiger charge is -2.37. The van der Waals surface area contributed by atoms with E-state index < -0.39 is 0 Å². The predicted molar refractivity (Wildman–Crippen MR) is 107 cm³/mol. The Balaban J connectivity index is 1.47. The van der Waals surface area contributed by atoms with Gasteiger partial charge in [-0.15, -0.1) is 0 Å². The molecule has 1 aromatic rings. The Hall–Kier alpha value is -2.03. The molecule has 2 saturated heterocycles. The van der Waals surface area contributed by atoms with E-state index in [9.17, 15) is 4.79 Å². The van der Waals surface area contributed by atoms with Gasteiger partial charge in [-0.25, -0.2) is 0 Å². The number of likely N-dealkylation sites (tertiary alicyclic amines) is 1. The number of hydrogen-bond donors (Lipinski definition) is 0. The molecule has 3 aliphatic rings. The summed E-state index contributed by atoms with van der Waals surface area (Å²) < 4.78 is 0. The van der Waals surface area contributed by atoms with Crippen molar-refractivity contribution in [2.75, 3.05) is 24.5 Å². The monoisotopic (exact) mass is 350 g/mol. The van der Waals surface area contributed by atoms with E-state index in [1.165, 1.54) is 16.8 Å². The summed E-state index contributed by atoms with van der Waals surface area (Å²) in [4.78, 5) is 18.0. The van der Waals surface area contributed by atoms with Crippen LogP contribution in [0.5, 0.6) is 0 Å². The van der Waals surface area contributed by atoms with E-state index in [1.807, 2.05) is 0 Å². The average Bonchev–Trinajstić information content (AvgIpc) is 3.18. The molecule has 3 nitrogen and oxygen atoms in total. The van der Waals surface area contributed by atoms with E-state index in [0.717, 1.165) is 58.2 Å². The molecule has 26 heavy (non-hydrogen) atoms. The molecule has 0 radical (unpaired) electrons. The molecule has 4 rings (SSSR count). The first-order valence-corrected chi connectivity index (χ1v) is 10.2. The summed E-state index contributed by atoms with van der Waals surface area (Å²) in [6.07, 6.45) is 13.3. The fourth-order valence-electron chi connectivity index (χ4n) is 4.79. The molecular formula is C23H30N2O. The minimum absolute atomic E-state index is 0.143. The number of amides is 1. The molecule has 1 amide bonds. The average molecular weight is 351 g/mol. The maximum Gasteiger partial charge on any atom is 0.227 e. The zero-order valence-corrected chi connectivity index (χ0v) is 15.9. The van der Waals surface area contributed by atoms with Gasteiger partial charge in [-0.3, -0.25) is 4.79 Å². The summed E-state index contributed by atoms with van der Waals surface area (Å²) in [6, 6.07) is 9.02. The maximum absolute atomic E-state index is 13.4. The number of anilines is 1. The summed E-state index contributed by atoms with van der Waals surface area (Å²) in [7, 11) is 0. The van der Waals surface area contributed by atoms with Crippen molar-refractivity contribution in [1.29, 1.82) is 0 Å². The number of aryl methyl sites for hydroxylation is 1. The van der Waals surface area contributed by atoms with Gasteiger partial charge in [-0.1, -0.05) is 30.4 Å². The van der Waals surface area contributed by atoms with Crippen LogP contribution in [0.3, 0.4) is 0 Å². The highest BCUT2D eigenvalue weighted by Gasteiger charge is 2.36. The highest BCUT2D eigenvalue weighted by Crippen LogP contribution is 2.32. The zero-order chi connectivity index (χ0) is 17.9. The number of piperidine rings is 1. The number of benzene rings is 1. The van der Waals surface area contributed by atoms with Crippen LogP contribution in [0.1, 0.15) is 44.1 Å². The summed E-state index contributed by atoms with van der Waals surface area (Å²) in [6.45, 7) is 5.00. The molecule has 2 aliphatic heterocycles. The predicted octanol–water partition coefficient (Wildman–Crippen LogP) is 4.48. The second-order valence-corrected chi connectivity index (χ2v) is 8.02. The fraction of sp³-hybridized carbons (Fsp3) is 0.522. The van der Waals surface area contributed by atoms with Gasteiger partial charge in [0.15, 0.2) is 0 Å². The van der Waals surface area contributed by atoms with Gasteiger partial charge in [0.2, 0.25) is 5.91 Å². The van der Waals surface area contributed by atoms with Crippen molar-refractivity contribution in [2.24, 2.45) is 5.92 Å². The number of allylic oxidation sites excluding steroid dienone is 3. The molecule has 0 saturated carbocycles. The molecular weight excluding hydrogens is 320 g/mol. The third-order valence-electron chi connectivity index (χ3n) is 6.15. The lowest BCUT2D eigenvalue weighted by molar-refractivity contribution is -0.136. The molecule has 2 fully saturated rings. The van der Waals surface area contributed by atoms with Gasteiger partial charge in [-0.2, -0.15) is 0 Å². The maximum atomic E-state index is 13.4. The Kier molecular flexibility index (Phi) is 5.14. The second-order valence-electron chi connectivity index (χ2n) is 8.02. The molecule has 0 spiro atoms. The van der Waals surface area contributed by atoms with E-state index in [-0.39, 0.29) is 5.92 Å². The summed E-state index contributed by atoms with van der Waals surface area (Å²) in [5.41, 5.74) is 4.01.